The molecule has 1 aromatic rings. The van der Waals surface area contributed by atoms with Crippen LogP contribution in [0.25, 0.3) is 0 Å². The smallest absolute Gasteiger partial charge is 0.231 e. The van der Waals surface area contributed by atoms with Crippen molar-refractivity contribution in [3.63, 3.8) is 0 Å². The number of nitrogens with zero attached hydrogens (tertiary/aromatic N) is 1. The lowest BCUT2D eigenvalue weighted by molar-refractivity contribution is 0.0482. The molecule has 4 heteroatoms. The van der Waals surface area contributed by atoms with Gasteiger partial charge in [0.1, 0.15) is 0 Å². The van der Waals surface area contributed by atoms with Crippen LogP contribution in [0.4, 0.5) is 0 Å². The zero-order valence-electron chi connectivity index (χ0n) is 12.7. The molecule has 2 atom stereocenters. The highest BCUT2D eigenvalue weighted by Gasteiger charge is 2.35. The molecule has 3 aliphatic rings. The van der Waals surface area contributed by atoms with Crippen molar-refractivity contribution in [1.82, 2.24) is 10.2 Å². The number of fused-ring (bicyclic) bond motifs is 3. The van der Waals surface area contributed by atoms with Crippen molar-refractivity contribution in [3.8, 4) is 11.5 Å². The van der Waals surface area contributed by atoms with E-state index < -0.39 is 0 Å². The lowest BCUT2D eigenvalue weighted by atomic mass is 9.82. The van der Waals surface area contributed by atoms with E-state index in [1.807, 2.05) is 6.07 Å². The largest absolute Gasteiger partial charge is 0.454 e. The second-order valence-corrected chi connectivity index (χ2v) is 6.64. The lowest BCUT2D eigenvalue weighted by Gasteiger charge is -2.47. The van der Waals surface area contributed by atoms with E-state index in [1.54, 1.807) is 0 Å². The molecule has 0 aromatic heterocycles. The zero-order valence-corrected chi connectivity index (χ0v) is 12.7. The van der Waals surface area contributed by atoms with Gasteiger partial charge >= 0.3 is 0 Å². The fourth-order valence-corrected chi connectivity index (χ4v) is 4.10. The number of ether oxygens (including phenoxy) is 2. The van der Waals surface area contributed by atoms with E-state index >= 15 is 0 Å². The second kappa shape index (κ2) is 5.50. The predicted molar refractivity (Wildman–Crippen MR) is 81.6 cm³/mol. The molecular formula is C17H24N2O2. The van der Waals surface area contributed by atoms with Gasteiger partial charge in [-0.05, 0) is 50.4 Å². The van der Waals surface area contributed by atoms with Gasteiger partial charge in [-0.1, -0.05) is 12.5 Å². The maximum Gasteiger partial charge on any atom is 0.231 e. The highest BCUT2D eigenvalue weighted by atomic mass is 16.7. The summed E-state index contributed by atoms with van der Waals surface area (Å²) in [6.07, 6.45) is 6.73. The summed E-state index contributed by atoms with van der Waals surface area (Å²) < 4.78 is 10.8. The van der Waals surface area contributed by atoms with Crippen LogP contribution >= 0.6 is 0 Å². The predicted octanol–water partition coefficient (Wildman–Crippen LogP) is 2.52. The van der Waals surface area contributed by atoms with Gasteiger partial charge in [0.15, 0.2) is 11.5 Å². The Labute approximate surface area is 126 Å². The van der Waals surface area contributed by atoms with E-state index in [1.165, 1.54) is 37.7 Å². The fourth-order valence-electron chi connectivity index (χ4n) is 4.10. The minimum Gasteiger partial charge on any atom is -0.454 e. The molecule has 1 N–H and O–H groups in total. The van der Waals surface area contributed by atoms with Crippen LogP contribution in [0.1, 0.15) is 37.7 Å². The summed E-state index contributed by atoms with van der Waals surface area (Å²) in [4.78, 5) is 2.61. The van der Waals surface area contributed by atoms with Gasteiger partial charge < -0.3 is 19.7 Å². The topological polar surface area (TPSA) is 33.7 Å². The molecule has 0 amide bonds. The van der Waals surface area contributed by atoms with Crippen LogP contribution in [-0.4, -0.2) is 36.9 Å². The number of nitrogens with one attached hydrogen (secondary N) is 1. The van der Waals surface area contributed by atoms with Crippen LogP contribution in [0.15, 0.2) is 18.2 Å². The maximum atomic E-state index is 5.45. The highest BCUT2D eigenvalue weighted by molar-refractivity contribution is 5.44. The van der Waals surface area contributed by atoms with Crippen molar-refractivity contribution in [2.45, 2.75) is 56.8 Å². The molecule has 2 bridgehead atoms. The lowest BCUT2D eigenvalue weighted by Crippen LogP contribution is -2.54. The fraction of sp³-hybridized carbons (Fsp3) is 0.647. The van der Waals surface area contributed by atoms with Gasteiger partial charge in [-0.15, -0.1) is 0 Å². The molecular weight excluding hydrogens is 264 g/mol. The molecule has 0 spiro atoms. The summed E-state index contributed by atoms with van der Waals surface area (Å²) in [5.74, 6) is 1.75. The van der Waals surface area contributed by atoms with Crippen molar-refractivity contribution >= 4 is 0 Å². The van der Waals surface area contributed by atoms with Gasteiger partial charge in [0, 0.05) is 24.7 Å². The van der Waals surface area contributed by atoms with Crippen LogP contribution in [0, 0.1) is 0 Å². The molecule has 2 saturated heterocycles. The van der Waals surface area contributed by atoms with Crippen LogP contribution in [0.2, 0.25) is 0 Å². The van der Waals surface area contributed by atoms with Crippen molar-refractivity contribution in [2.24, 2.45) is 0 Å². The Morgan fingerprint density at radius 1 is 1.14 bits per heavy atom. The number of benzene rings is 1. The SMILES string of the molecule is CN1C2CCCC1CC(NCc1ccc3c(c1)OCO3)C2. The van der Waals surface area contributed by atoms with Gasteiger partial charge in [0.2, 0.25) is 6.79 Å². The third-order valence-corrected chi connectivity index (χ3v) is 5.37. The molecule has 2 fully saturated rings. The number of rotatable bonds is 3. The maximum absolute atomic E-state index is 5.45. The zero-order chi connectivity index (χ0) is 14.2. The van der Waals surface area contributed by atoms with E-state index in [9.17, 15) is 0 Å². The Bertz CT molecular complexity index is 506. The van der Waals surface area contributed by atoms with Crippen LogP contribution in [0.3, 0.4) is 0 Å². The van der Waals surface area contributed by atoms with E-state index in [2.05, 4.69) is 29.4 Å². The first kappa shape index (κ1) is 13.4. The first-order valence-corrected chi connectivity index (χ1v) is 8.13. The molecule has 0 aliphatic carbocycles. The summed E-state index contributed by atoms with van der Waals surface area (Å²) in [5, 5.41) is 3.76. The van der Waals surface area contributed by atoms with Gasteiger partial charge in [0.05, 0.1) is 0 Å². The van der Waals surface area contributed by atoms with E-state index in [4.69, 9.17) is 9.47 Å². The van der Waals surface area contributed by atoms with Crippen LogP contribution in [-0.2, 0) is 6.54 Å². The normalized spacial score (nSPS) is 31.4. The molecule has 4 rings (SSSR count). The van der Waals surface area contributed by atoms with Crippen molar-refractivity contribution in [3.05, 3.63) is 23.8 Å². The quantitative estimate of drug-likeness (QED) is 0.926. The average Bonchev–Trinajstić information content (AvgIpc) is 2.93. The third kappa shape index (κ3) is 2.62. The van der Waals surface area contributed by atoms with Gasteiger partial charge in [0.25, 0.3) is 0 Å². The molecule has 1 aromatic carbocycles. The standard InChI is InChI=1S/C17H24N2O2/c1-19-14-3-2-4-15(19)9-13(8-14)18-10-12-5-6-16-17(7-12)21-11-20-16/h5-7,13-15,18H,2-4,8-11H2,1H3. The summed E-state index contributed by atoms with van der Waals surface area (Å²) in [6, 6.07) is 8.48. The minimum absolute atomic E-state index is 0.352. The number of hydrogen-bond donors (Lipinski definition) is 1. The van der Waals surface area contributed by atoms with Gasteiger partial charge in [-0.2, -0.15) is 0 Å². The minimum atomic E-state index is 0.352. The molecule has 3 heterocycles. The van der Waals surface area contributed by atoms with Gasteiger partial charge in [-0.25, -0.2) is 0 Å². The molecule has 0 radical (unpaired) electrons. The van der Waals surface area contributed by atoms with E-state index in [-0.39, 0.29) is 0 Å². The summed E-state index contributed by atoms with van der Waals surface area (Å²) in [6.45, 7) is 1.27. The van der Waals surface area contributed by atoms with Crippen molar-refractivity contribution in [1.29, 1.82) is 0 Å². The Morgan fingerprint density at radius 2 is 1.90 bits per heavy atom. The van der Waals surface area contributed by atoms with Gasteiger partial charge in [-0.3, -0.25) is 0 Å². The molecule has 21 heavy (non-hydrogen) atoms. The van der Waals surface area contributed by atoms with E-state index in [0.717, 1.165) is 30.1 Å². The monoisotopic (exact) mass is 288 g/mol. The van der Waals surface area contributed by atoms with Crippen LogP contribution in [0.5, 0.6) is 11.5 Å². The van der Waals surface area contributed by atoms with Crippen molar-refractivity contribution < 1.29 is 9.47 Å². The first-order valence-electron chi connectivity index (χ1n) is 8.13. The second-order valence-electron chi connectivity index (χ2n) is 6.64. The van der Waals surface area contributed by atoms with E-state index in [0.29, 0.717) is 12.8 Å². The Hall–Kier alpha value is -1.26. The number of hydrogen-bond acceptors (Lipinski definition) is 4. The first-order chi connectivity index (χ1) is 10.3. The Morgan fingerprint density at radius 3 is 2.71 bits per heavy atom. The summed E-state index contributed by atoms with van der Waals surface area (Å²) >= 11 is 0. The highest BCUT2D eigenvalue weighted by Crippen LogP contribution is 2.34. The summed E-state index contributed by atoms with van der Waals surface area (Å²) in [5.41, 5.74) is 1.28. The Balaban J connectivity index is 1.37. The number of piperidine rings is 2. The van der Waals surface area contributed by atoms with Crippen molar-refractivity contribution in [2.75, 3.05) is 13.8 Å². The molecule has 3 aliphatic heterocycles. The van der Waals surface area contributed by atoms with Crippen LogP contribution < -0.4 is 14.8 Å². The summed E-state index contributed by atoms with van der Waals surface area (Å²) in [7, 11) is 2.31. The molecule has 4 nitrogen and oxygen atoms in total. The third-order valence-electron chi connectivity index (χ3n) is 5.37. The molecule has 114 valence electrons. The molecule has 2 unspecified atom stereocenters. The molecule has 0 saturated carbocycles. The average molecular weight is 288 g/mol. The Kier molecular flexibility index (Phi) is 3.51.